The number of hydrogen-bond donors (Lipinski definition) is 1. The van der Waals surface area contributed by atoms with E-state index in [4.69, 9.17) is 0 Å². The summed E-state index contributed by atoms with van der Waals surface area (Å²) in [6.07, 6.45) is 4.78. The van der Waals surface area contributed by atoms with Crippen molar-refractivity contribution in [3.8, 4) is 0 Å². The zero-order valence-corrected chi connectivity index (χ0v) is 12.1. The van der Waals surface area contributed by atoms with E-state index in [1.165, 1.54) is 29.7 Å². The van der Waals surface area contributed by atoms with Gasteiger partial charge < -0.3 is 10.2 Å². The maximum atomic E-state index is 12.8. The van der Waals surface area contributed by atoms with E-state index in [1.54, 1.807) is 11.3 Å². The number of hydrogen-bond acceptors (Lipinski definition) is 3. The van der Waals surface area contributed by atoms with Crippen LogP contribution in [0, 0.1) is 5.92 Å². The van der Waals surface area contributed by atoms with Crippen LogP contribution < -0.4 is 5.32 Å². The smallest absolute Gasteiger partial charge is 0.264 e. The SMILES string of the molecule is CC1CC2CNCC2N1C(=O)c1cc2c(s1)CCC2. The number of thiophene rings is 1. The third-order valence-electron chi connectivity index (χ3n) is 4.97. The predicted molar refractivity (Wildman–Crippen MR) is 76.7 cm³/mol. The quantitative estimate of drug-likeness (QED) is 0.851. The van der Waals surface area contributed by atoms with Crippen LogP contribution in [0.2, 0.25) is 0 Å². The number of carbonyl (C=O) groups excluding carboxylic acids is 1. The maximum Gasteiger partial charge on any atom is 0.264 e. The molecule has 0 aromatic carbocycles. The molecule has 1 N–H and O–H groups in total. The Morgan fingerprint density at radius 2 is 2.32 bits per heavy atom. The summed E-state index contributed by atoms with van der Waals surface area (Å²) in [4.78, 5) is 17.4. The molecule has 0 spiro atoms. The molecule has 4 heteroatoms. The summed E-state index contributed by atoms with van der Waals surface area (Å²) in [7, 11) is 0. The number of carbonyl (C=O) groups is 1. The first kappa shape index (κ1) is 11.9. The molecule has 3 nitrogen and oxygen atoms in total. The monoisotopic (exact) mass is 276 g/mol. The van der Waals surface area contributed by atoms with Crippen molar-refractivity contribution >= 4 is 17.2 Å². The lowest BCUT2D eigenvalue weighted by atomic mass is 10.0. The Labute approximate surface area is 118 Å². The second kappa shape index (κ2) is 4.32. The van der Waals surface area contributed by atoms with Crippen molar-refractivity contribution in [3.63, 3.8) is 0 Å². The number of aryl methyl sites for hydroxylation is 2. The summed E-state index contributed by atoms with van der Waals surface area (Å²) in [5.41, 5.74) is 1.43. The summed E-state index contributed by atoms with van der Waals surface area (Å²) < 4.78 is 0. The van der Waals surface area contributed by atoms with Crippen LogP contribution in [0.25, 0.3) is 0 Å². The van der Waals surface area contributed by atoms with Crippen LogP contribution in [-0.2, 0) is 12.8 Å². The Bertz CT molecular complexity index is 503. The molecule has 3 aliphatic rings. The first-order chi connectivity index (χ1) is 9.24. The van der Waals surface area contributed by atoms with Gasteiger partial charge in [0.15, 0.2) is 0 Å². The van der Waals surface area contributed by atoms with Crippen molar-refractivity contribution in [2.45, 2.75) is 44.7 Å². The predicted octanol–water partition coefficient (Wildman–Crippen LogP) is 2.06. The van der Waals surface area contributed by atoms with Crippen LogP contribution in [0.4, 0.5) is 0 Å². The first-order valence-corrected chi connectivity index (χ1v) is 8.20. The summed E-state index contributed by atoms with van der Waals surface area (Å²) in [5, 5.41) is 3.43. The lowest BCUT2D eigenvalue weighted by Gasteiger charge is -2.27. The zero-order valence-electron chi connectivity index (χ0n) is 11.3. The molecule has 1 amide bonds. The fraction of sp³-hybridized carbons (Fsp3) is 0.667. The molecule has 2 saturated heterocycles. The number of nitrogens with zero attached hydrogens (tertiary/aromatic N) is 1. The molecule has 1 aromatic heterocycles. The Morgan fingerprint density at radius 1 is 1.42 bits per heavy atom. The Morgan fingerprint density at radius 3 is 3.16 bits per heavy atom. The van der Waals surface area contributed by atoms with Crippen LogP contribution >= 0.6 is 11.3 Å². The molecule has 2 aliphatic heterocycles. The summed E-state index contributed by atoms with van der Waals surface area (Å²) >= 11 is 1.74. The highest BCUT2D eigenvalue weighted by Crippen LogP contribution is 2.36. The van der Waals surface area contributed by atoms with Crippen molar-refractivity contribution in [3.05, 3.63) is 21.4 Å². The van der Waals surface area contributed by atoms with E-state index < -0.39 is 0 Å². The normalized spacial score (nSPS) is 32.7. The second-order valence-corrected chi connectivity index (χ2v) is 7.33. The topological polar surface area (TPSA) is 32.3 Å². The Balaban J connectivity index is 1.62. The van der Waals surface area contributed by atoms with Gasteiger partial charge >= 0.3 is 0 Å². The number of fused-ring (bicyclic) bond motifs is 2. The summed E-state index contributed by atoms with van der Waals surface area (Å²) in [6.45, 7) is 4.27. The average Bonchev–Trinajstić information content (AvgIpc) is 3.04. The van der Waals surface area contributed by atoms with Gasteiger partial charge in [-0.25, -0.2) is 0 Å². The van der Waals surface area contributed by atoms with E-state index >= 15 is 0 Å². The minimum absolute atomic E-state index is 0.281. The van der Waals surface area contributed by atoms with Gasteiger partial charge in [0.25, 0.3) is 5.91 Å². The maximum absolute atomic E-state index is 12.8. The number of amides is 1. The highest BCUT2D eigenvalue weighted by molar-refractivity contribution is 7.14. The lowest BCUT2D eigenvalue weighted by molar-refractivity contribution is 0.0687. The molecule has 1 aromatic rings. The first-order valence-electron chi connectivity index (χ1n) is 7.39. The molecule has 0 bridgehead atoms. The standard InChI is InChI=1S/C15H20N2OS/c1-9-5-11-7-16-8-12(11)17(9)15(18)14-6-10-3-2-4-13(10)19-14/h6,9,11-12,16H,2-5,7-8H2,1H3. The van der Waals surface area contributed by atoms with E-state index in [0.717, 1.165) is 24.4 Å². The van der Waals surface area contributed by atoms with Gasteiger partial charge in [-0.15, -0.1) is 11.3 Å². The molecular formula is C15H20N2OS. The molecule has 3 atom stereocenters. The lowest BCUT2D eigenvalue weighted by Crippen LogP contribution is -2.42. The van der Waals surface area contributed by atoms with E-state index in [0.29, 0.717) is 18.0 Å². The van der Waals surface area contributed by atoms with E-state index in [1.807, 2.05) is 0 Å². The third kappa shape index (κ3) is 1.77. The summed E-state index contributed by atoms with van der Waals surface area (Å²) in [5.74, 6) is 0.953. The van der Waals surface area contributed by atoms with Crippen molar-refractivity contribution in [2.24, 2.45) is 5.92 Å². The highest BCUT2D eigenvalue weighted by atomic mass is 32.1. The van der Waals surface area contributed by atoms with Crippen LogP contribution in [-0.4, -0.2) is 36.0 Å². The van der Waals surface area contributed by atoms with Gasteiger partial charge in [0, 0.05) is 30.1 Å². The van der Waals surface area contributed by atoms with Crippen LogP contribution in [0.15, 0.2) is 6.07 Å². The molecule has 102 valence electrons. The largest absolute Gasteiger partial charge is 0.331 e. The average molecular weight is 276 g/mol. The Kier molecular flexibility index (Phi) is 2.71. The van der Waals surface area contributed by atoms with Crippen molar-refractivity contribution in [1.29, 1.82) is 0 Å². The van der Waals surface area contributed by atoms with E-state index in [9.17, 15) is 4.79 Å². The van der Waals surface area contributed by atoms with Crippen molar-refractivity contribution in [1.82, 2.24) is 10.2 Å². The van der Waals surface area contributed by atoms with Gasteiger partial charge in [0.2, 0.25) is 0 Å². The van der Waals surface area contributed by atoms with Gasteiger partial charge in [-0.05, 0) is 50.2 Å². The molecule has 3 heterocycles. The number of likely N-dealkylation sites (tertiary alicyclic amines) is 1. The number of rotatable bonds is 1. The fourth-order valence-corrected chi connectivity index (χ4v) is 5.27. The number of nitrogens with one attached hydrogen (secondary N) is 1. The minimum Gasteiger partial charge on any atom is -0.331 e. The van der Waals surface area contributed by atoms with Crippen LogP contribution in [0.1, 0.15) is 39.9 Å². The van der Waals surface area contributed by atoms with Crippen molar-refractivity contribution < 1.29 is 4.79 Å². The highest BCUT2D eigenvalue weighted by Gasteiger charge is 2.44. The summed E-state index contributed by atoms with van der Waals surface area (Å²) in [6, 6.07) is 3.00. The van der Waals surface area contributed by atoms with Gasteiger partial charge in [-0.2, -0.15) is 0 Å². The van der Waals surface area contributed by atoms with Gasteiger partial charge in [0.1, 0.15) is 0 Å². The zero-order chi connectivity index (χ0) is 13.0. The molecule has 0 radical (unpaired) electrons. The molecule has 4 rings (SSSR count). The molecule has 3 unspecified atom stereocenters. The van der Waals surface area contributed by atoms with Crippen LogP contribution in [0.5, 0.6) is 0 Å². The molecule has 2 fully saturated rings. The molecule has 19 heavy (non-hydrogen) atoms. The fourth-order valence-electron chi connectivity index (χ4n) is 4.08. The minimum atomic E-state index is 0.281. The van der Waals surface area contributed by atoms with Gasteiger partial charge in [-0.1, -0.05) is 0 Å². The van der Waals surface area contributed by atoms with Crippen molar-refractivity contribution in [2.75, 3.05) is 13.1 Å². The second-order valence-electron chi connectivity index (χ2n) is 6.20. The van der Waals surface area contributed by atoms with Crippen LogP contribution in [0.3, 0.4) is 0 Å². The molecule has 1 aliphatic carbocycles. The third-order valence-corrected chi connectivity index (χ3v) is 6.20. The van der Waals surface area contributed by atoms with E-state index in [-0.39, 0.29) is 5.91 Å². The van der Waals surface area contributed by atoms with E-state index in [2.05, 4.69) is 23.2 Å². The molecule has 0 saturated carbocycles. The van der Waals surface area contributed by atoms with Gasteiger partial charge in [0.05, 0.1) is 4.88 Å². The Hall–Kier alpha value is -0.870. The molecular weight excluding hydrogens is 256 g/mol. The van der Waals surface area contributed by atoms with Gasteiger partial charge in [-0.3, -0.25) is 4.79 Å².